The van der Waals surface area contributed by atoms with Crippen LogP contribution in [0.2, 0.25) is 5.02 Å². The smallest absolute Gasteiger partial charge is 0.549 e. The number of aryl methyl sites for hydroxylation is 1. The number of carboxylic acid groups (broad SMARTS) is 1. The van der Waals surface area contributed by atoms with Gasteiger partial charge in [-0.2, -0.15) is 0 Å². The number of ether oxygens (including phenoxy) is 3. The third-order valence-electron chi connectivity index (χ3n) is 5.80. The van der Waals surface area contributed by atoms with E-state index in [-0.39, 0.29) is 47.0 Å². The second-order valence-electron chi connectivity index (χ2n) is 8.08. The summed E-state index contributed by atoms with van der Waals surface area (Å²) in [5, 5.41) is 11.7. The van der Waals surface area contributed by atoms with Crippen LogP contribution in [-0.4, -0.2) is 25.5 Å². The molecule has 0 fully saturated rings. The molecular formula is C27H24ClNaO6. The van der Waals surface area contributed by atoms with Crippen molar-refractivity contribution < 1.29 is 58.5 Å². The molecule has 6 nitrogen and oxygen atoms in total. The molecular weight excluding hydrogens is 479 g/mol. The van der Waals surface area contributed by atoms with E-state index in [9.17, 15) is 14.7 Å². The molecule has 0 amide bonds. The van der Waals surface area contributed by atoms with Crippen LogP contribution in [0.3, 0.4) is 0 Å². The number of halogens is 1. The molecule has 35 heavy (non-hydrogen) atoms. The quantitative estimate of drug-likeness (QED) is 0.328. The number of hydrogen-bond donors (Lipinski definition) is 0. The van der Waals surface area contributed by atoms with Gasteiger partial charge < -0.3 is 24.1 Å². The summed E-state index contributed by atoms with van der Waals surface area (Å²) in [6.45, 7) is 0.279. The number of aliphatic carboxylic acids is 1. The van der Waals surface area contributed by atoms with Gasteiger partial charge in [0.2, 0.25) is 0 Å². The van der Waals surface area contributed by atoms with Gasteiger partial charge in [0.15, 0.2) is 5.78 Å². The maximum absolute atomic E-state index is 12.6. The van der Waals surface area contributed by atoms with E-state index in [2.05, 4.69) is 0 Å². The molecule has 3 aromatic carbocycles. The number of hydrogen-bond acceptors (Lipinski definition) is 6. The monoisotopic (exact) mass is 502 g/mol. The minimum absolute atomic E-state index is 0. The van der Waals surface area contributed by atoms with Crippen LogP contribution < -0.4 is 48.9 Å². The summed E-state index contributed by atoms with van der Waals surface area (Å²) in [5.74, 6) is 0.218. The molecule has 0 bridgehead atoms. The third kappa shape index (κ3) is 6.79. The van der Waals surface area contributed by atoms with Crippen molar-refractivity contribution in [2.24, 2.45) is 0 Å². The van der Waals surface area contributed by atoms with E-state index in [1.54, 1.807) is 43.5 Å². The van der Waals surface area contributed by atoms with Crippen molar-refractivity contribution in [1.29, 1.82) is 0 Å². The molecule has 176 valence electrons. The van der Waals surface area contributed by atoms with Gasteiger partial charge in [0.1, 0.15) is 23.0 Å². The molecule has 0 aromatic heterocycles. The zero-order valence-electron chi connectivity index (χ0n) is 19.7. The van der Waals surface area contributed by atoms with Crippen LogP contribution in [0.4, 0.5) is 0 Å². The molecule has 4 rings (SSSR count). The van der Waals surface area contributed by atoms with Gasteiger partial charge in [-0.05, 0) is 67.3 Å². The van der Waals surface area contributed by atoms with Gasteiger partial charge in [-0.25, -0.2) is 0 Å². The van der Waals surface area contributed by atoms with Gasteiger partial charge in [0, 0.05) is 35.5 Å². The molecule has 0 N–H and O–H groups in total. The Labute approximate surface area is 231 Å². The molecule has 0 spiro atoms. The maximum Gasteiger partial charge on any atom is 1.00 e. The maximum atomic E-state index is 12.6. The predicted octanol–water partition coefficient (Wildman–Crippen LogP) is 1.97. The van der Waals surface area contributed by atoms with Crippen LogP contribution >= 0.6 is 11.6 Å². The summed E-state index contributed by atoms with van der Waals surface area (Å²) in [5.41, 5.74) is 2.22. The molecule has 1 aliphatic heterocycles. The van der Waals surface area contributed by atoms with Crippen LogP contribution in [0.25, 0.3) is 0 Å². The van der Waals surface area contributed by atoms with Gasteiger partial charge in [0.05, 0.1) is 18.7 Å². The molecule has 1 unspecified atom stereocenters. The fourth-order valence-electron chi connectivity index (χ4n) is 3.97. The summed E-state index contributed by atoms with van der Waals surface area (Å²) < 4.78 is 16.7. The fraction of sp³-hybridized carbons (Fsp3) is 0.259. The fourth-order valence-corrected chi connectivity index (χ4v) is 4.18. The first kappa shape index (κ1) is 27.1. The largest absolute Gasteiger partial charge is 1.00 e. The number of Topliss-reactive ketones (excluding diaryl/α,β-unsaturated/α-hetero) is 1. The van der Waals surface area contributed by atoms with Crippen molar-refractivity contribution in [2.45, 2.75) is 31.6 Å². The summed E-state index contributed by atoms with van der Waals surface area (Å²) in [4.78, 5) is 24.0. The first-order valence-corrected chi connectivity index (χ1v) is 11.4. The Balaban J connectivity index is 0.00000342. The number of fused-ring (bicyclic) bond motifs is 1. The molecule has 1 heterocycles. The van der Waals surface area contributed by atoms with Crippen molar-refractivity contribution in [3.63, 3.8) is 0 Å². The van der Waals surface area contributed by atoms with Gasteiger partial charge in [-0.15, -0.1) is 0 Å². The van der Waals surface area contributed by atoms with E-state index in [0.29, 0.717) is 41.2 Å². The van der Waals surface area contributed by atoms with E-state index in [4.69, 9.17) is 25.8 Å². The first-order valence-electron chi connectivity index (χ1n) is 11.1. The zero-order chi connectivity index (χ0) is 24.1. The average Bonchev–Trinajstić information content (AvgIpc) is 2.84. The van der Waals surface area contributed by atoms with E-state index >= 15 is 0 Å². The molecule has 0 saturated heterocycles. The number of rotatable bonds is 9. The minimum Gasteiger partial charge on any atom is -0.549 e. The Morgan fingerprint density at radius 3 is 2.57 bits per heavy atom. The van der Waals surface area contributed by atoms with Crippen LogP contribution in [-0.2, 0) is 11.2 Å². The van der Waals surface area contributed by atoms with Gasteiger partial charge >= 0.3 is 29.6 Å². The summed E-state index contributed by atoms with van der Waals surface area (Å²) in [7, 11) is 1.63. The van der Waals surface area contributed by atoms with Crippen molar-refractivity contribution >= 4 is 23.4 Å². The number of carbonyl (C=O) groups is 2. The third-order valence-corrected chi connectivity index (χ3v) is 6.09. The van der Waals surface area contributed by atoms with Crippen LogP contribution in [0, 0.1) is 0 Å². The molecule has 0 saturated carbocycles. The standard InChI is InChI=1S/C27H25ClO6.Na/c1-32-20-6-2-4-17(14-20)5-3-7-24(29)18-8-10-19(11-9-18)34-26-16-25-22(15-23(26)28)21(27(30)31)12-13-33-25;/h2,4,6,8-11,14-16,21H,3,5,7,12-13H2,1H3,(H,30,31);/q;+1/p-1. The summed E-state index contributed by atoms with van der Waals surface area (Å²) in [6.07, 6.45) is 2.30. The van der Waals surface area contributed by atoms with Crippen LogP contribution in [0.15, 0.2) is 60.7 Å². The number of carbonyl (C=O) groups excluding carboxylic acids is 2. The number of ketones is 1. The van der Waals surface area contributed by atoms with Gasteiger partial charge in [-0.1, -0.05) is 23.7 Å². The van der Waals surface area contributed by atoms with E-state index in [1.165, 1.54) is 0 Å². The molecule has 1 aliphatic rings. The molecule has 3 aromatic rings. The predicted molar refractivity (Wildman–Crippen MR) is 126 cm³/mol. The number of carboxylic acids is 1. The van der Waals surface area contributed by atoms with Crippen molar-refractivity contribution in [2.75, 3.05) is 13.7 Å². The minimum atomic E-state index is -1.15. The van der Waals surface area contributed by atoms with Crippen molar-refractivity contribution in [3.05, 3.63) is 82.4 Å². The first-order chi connectivity index (χ1) is 16.4. The normalized spacial score (nSPS) is 14.2. The number of benzene rings is 3. The van der Waals surface area contributed by atoms with Crippen molar-refractivity contribution in [3.8, 4) is 23.0 Å². The Kier molecular flexibility index (Phi) is 9.63. The molecule has 0 aliphatic carbocycles. The average molecular weight is 503 g/mol. The van der Waals surface area contributed by atoms with E-state index < -0.39 is 11.9 Å². The zero-order valence-corrected chi connectivity index (χ0v) is 22.5. The van der Waals surface area contributed by atoms with Gasteiger partial charge in [-0.3, -0.25) is 4.79 Å². The second-order valence-corrected chi connectivity index (χ2v) is 8.49. The molecule has 0 radical (unpaired) electrons. The van der Waals surface area contributed by atoms with Gasteiger partial charge in [0.25, 0.3) is 0 Å². The topological polar surface area (TPSA) is 84.9 Å². The van der Waals surface area contributed by atoms with E-state index in [1.807, 2.05) is 24.3 Å². The van der Waals surface area contributed by atoms with Crippen molar-refractivity contribution in [1.82, 2.24) is 0 Å². The summed E-state index contributed by atoms with van der Waals surface area (Å²) in [6, 6.07) is 17.8. The molecule has 1 atom stereocenters. The molecule has 8 heteroatoms. The Hall–Kier alpha value is -2.51. The Bertz CT molecular complexity index is 1190. The summed E-state index contributed by atoms with van der Waals surface area (Å²) >= 11 is 6.33. The SMILES string of the molecule is COc1cccc(CCCC(=O)c2ccc(Oc3cc4c(cc3Cl)C(C(=O)[O-])CCO4)cc2)c1.[Na+]. The van der Waals surface area contributed by atoms with E-state index in [0.717, 1.165) is 24.2 Å². The van der Waals surface area contributed by atoms with Crippen LogP contribution in [0.1, 0.15) is 46.7 Å². The second kappa shape index (κ2) is 12.5. The number of methoxy groups -OCH3 is 1. The van der Waals surface area contributed by atoms with Crippen LogP contribution in [0.5, 0.6) is 23.0 Å². The Morgan fingerprint density at radius 2 is 1.86 bits per heavy atom. The Morgan fingerprint density at radius 1 is 1.09 bits per heavy atom.